The number of carbonyl (C=O) groups excluding carboxylic acids is 1. The zero-order valence-electron chi connectivity index (χ0n) is 15.5. The lowest BCUT2D eigenvalue weighted by atomic mass is 9.81. The highest BCUT2D eigenvalue weighted by molar-refractivity contribution is 7.98. The summed E-state index contributed by atoms with van der Waals surface area (Å²) in [4.78, 5) is 15.7. The SMILES string of the molecule is COc1cc(CN(C)C(=O)C2(N)CCCCC2)c(SC)cc1OC.Cl. The van der Waals surface area contributed by atoms with Gasteiger partial charge in [0.2, 0.25) is 5.91 Å². The van der Waals surface area contributed by atoms with Gasteiger partial charge in [0.15, 0.2) is 11.5 Å². The van der Waals surface area contributed by atoms with Crippen LogP contribution in [0.2, 0.25) is 0 Å². The molecule has 2 rings (SSSR count). The van der Waals surface area contributed by atoms with E-state index in [0.29, 0.717) is 18.0 Å². The lowest BCUT2D eigenvalue weighted by Gasteiger charge is -2.35. The summed E-state index contributed by atoms with van der Waals surface area (Å²) in [5, 5.41) is 0. The van der Waals surface area contributed by atoms with Crippen molar-refractivity contribution in [2.45, 2.75) is 49.1 Å². The van der Waals surface area contributed by atoms with E-state index < -0.39 is 5.54 Å². The van der Waals surface area contributed by atoms with Gasteiger partial charge >= 0.3 is 0 Å². The van der Waals surface area contributed by atoms with Crippen LogP contribution in [0.15, 0.2) is 17.0 Å². The third-order valence-corrected chi connectivity index (χ3v) is 5.53. The molecule has 1 saturated carbocycles. The molecule has 25 heavy (non-hydrogen) atoms. The van der Waals surface area contributed by atoms with Crippen LogP contribution in [-0.4, -0.2) is 43.9 Å². The fourth-order valence-corrected chi connectivity index (χ4v) is 3.93. The van der Waals surface area contributed by atoms with Crippen molar-refractivity contribution < 1.29 is 14.3 Å². The normalized spacial score (nSPS) is 15.9. The van der Waals surface area contributed by atoms with Crippen molar-refractivity contribution in [3.05, 3.63) is 17.7 Å². The molecule has 2 N–H and O–H groups in total. The first-order valence-electron chi connectivity index (χ1n) is 8.28. The van der Waals surface area contributed by atoms with Crippen LogP contribution in [0, 0.1) is 0 Å². The average molecular weight is 389 g/mol. The first kappa shape index (κ1) is 21.9. The van der Waals surface area contributed by atoms with Crippen molar-refractivity contribution in [3.63, 3.8) is 0 Å². The van der Waals surface area contributed by atoms with E-state index in [1.54, 1.807) is 30.9 Å². The minimum absolute atomic E-state index is 0. The number of likely N-dealkylation sites (N-methyl/N-ethyl adjacent to an activating group) is 1. The van der Waals surface area contributed by atoms with Gasteiger partial charge in [-0.05, 0) is 36.8 Å². The van der Waals surface area contributed by atoms with Crippen molar-refractivity contribution >= 4 is 30.1 Å². The lowest BCUT2D eigenvalue weighted by Crippen LogP contribution is -2.55. The Morgan fingerprint density at radius 1 is 1.20 bits per heavy atom. The van der Waals surface area contributed by atoms with Gasteiger partial charge in [0.1, 0.15) is 0 Å². The van der Waals surface area contributed by atoms with Crippen molar-refractivity contribution in [1.82, 2.24) is 4.90 Å². The molecule has 0 unspecified atom stereocenters. The van der Waals surface area contributed by atoms with E-state index in [1.807, 2.05) is 25.4 Å². The molecule has 1 aliphatic carbocycles. The zero-order chi connectivity index (χ0) is 17.7. The summed E-state index contributed by atoms with van der Waals surface area (Å²) in [6.45, 7) is 0.508. The minimum Gasteiger partial charge on any atom is -0.493 e. The summed E-state index contributed by atoms with van der Waals surface area (Å²) in [5.41, 5.74) is 6.72. The lowest BCUT2D eigenvalue weighted by molar-refractivity contribution is -0.137. The molecule has 1 aromatic carbocycles. The Bertz CT molecular complexity index is 592. The van der Waals surface area contributed by atoms with Crippen LogP contribution >= 0.6 is 24.2 Å². The minimum atomic E-state index is -0.705. The van der Waals surface area contributed by atoms with Crippen LogP contribution in [0.4, 0.5) is 0 Å². The fraction of sp³-hybridized carbons (Fsp3) is 0.611. The quantitative estimate of drug-likeness (QED) is 0.756. The van der Waals surface area contributed by atoms with Crippen LogP contribution in [0.25, 0.3) is 0 Å². The summed E-state index contributed by atoms with van der Waals surface area (Å²) in [7, 11) is 5.07. The van der Waals surface area contributed by atoms with Crippen LogP contribution in [0.1, 0.15) is 37.7 Å². The zero-order valence-corrected chi connectivity index (χ0v) is 17.1. The van der Waals surface area contributed by atoms with Crippen LogP contribution in [-0.2, 0) is 11.3 Å². The van der Waals surface area contributed by atoms with Crippen LogP contribution < -0.4 is 15.2 Å². The summed E-state index contributed by atoms with van der Waals surface area (Å²) >= 11 is 1.63. The molecule has 0 bridgehead atoms. The highest BCUT2D eigenvalue weighted by atomic mass is 35.5. The number of ether oxygens (including phenoxy) is 2. The fourth-order valence-electron chi connectivity index (χ4n) is 3.32. The second-order valence-electron chi connectivity index (χ2n) is 6.40. The maximum Gasteiger partial charge on any atom is 0.242 e. The second kappa shape index (κ2) is 9.55. The molecule has 5 nitrogen and oxygen atoms in total. The van der Waals surface area contributed by atoms with E-state index >= 15 is 0 Å². The Hall–Kier alpha value is -1.11. The monoisotopic (exact) mass is 388 g/mol. The number of thioether (sulfide) groups is 1. The first-order chi connectivity index (χ1) is 11.4. The van der Waals surface area contributed by atoms with Crippen LogP contribution in [0.3, 0.4) is 0 Å². The van der Waals surface area contributed by atoms with Gasteiger partial charge in [-0.15, -0.1) is 24.2 Å². The molecule has 1 fully saturated rings. The van der Waals surface area contributed by atoms with Gasteiger partial charge in [-0.3, -0.25) is 4.79 Å². The standard InChI is InChI=1S/C18H28N2O3S.ClH/c1-20(17(21)18(19)8-6-5-7-9-18)12-13-10-14(22-2)15(23-3)11-16(13)24-4;/h10-11H,5-9,12,19H2,1-4H3;1H. The molecule has 1 amide bonds. The Balaban J connectivity index is 0.00000312. The van der Waals surface area contributed by atoms with Gasteiger partial charge in [-0.25, -0.2) is 0 Å². The highest BCUT2D eigenvalue weighted by Crippen LogP contribution is 2.35. The molecule has 0 aliphatic heterocycles. The van der Waals surface area contributed by atoms with E-state index in [1.165, 1.54) is 6.42 Å². The van der Waals surface area contributed by atoms with Gasteiger partial charge in [-0.2, -0.15) is 0 Å². The number of amides is 1. The molecule has 1 aromatic rings. The van der Waals surface area contributed by atoms with E-state index in [4.69, 9.17) is 15.2 Å². The Kier molecular flexibility index (Phi) is 8.38. The Labute approximate surface area is 161 Å². The first-order valence-corrected chi connectivity index (χ1v) is 9.51. The molecule has 0 heterocycles. The summed E-state index contributed by atoms with van der Waals surface area (Å²) in [6, 6.07) is 3.90. The maximum absolute atomic E-state index is 12.8. The Morgan fingerprint density at radius 3 is 2.28 bits per heavy atom. The number of hydrogen-bond acceptors (Lipinski definition) is 5. The van der Waals surface area contributed by atoms with E-state index in [-0.39, 0.29) is 18.3 Å². The summed E-state index contributed by atoms with van der Waals surface area (Å²) < 4.78 is 10.8. The number of hydrogen-bond donors (Lipinski definition) is 1. The number of benzene rings is 1. The van der Waals surface area contributed by atoms with Crippen molar-refractivity contribution in [1.29, 1.82) is 0 Å². The van der Waals surface area contributed by atoms with Gasteiger partial charge in [-0.1, -0.05) is 19.3 Å². The third kappa shape index (κ3) is 4.96. The van der Waals surface area contributed by atoms with Crippen molar-refractivity contribution in [2.75, 3.05) is 27.5 Å². The number of rotatable bonds is 6. The number of halogens is 1. The van der Waals surface area contributed by atoms with Gasteiger partial charge in [0.25, 0.3) is 0 Å². The van der Waals surface area contributed by atoms with Crippen molar-refractivity contribution in [3.8, 4) is 11.5 Å². The van der Waals surface area contributed by atoms with Gasteiger partial charge in [0.05, 0.1) is 19.8 Å². The molecular formula is C18H29ClN2O3S. The van der Waals surface area contributed by atoms with Crippen molar-refractivity contribution in [2.24, 2.45) is 5.73 Å². The van der Waals surface area contributed by atoms with E-state index in [9.17, 15) is 4.79 Å². The topological polar surface area (TPSA) is 64.8 Å². The van der Waals surface area contributed by atoms with Gasteiger partial charge in [0, 0.05) is 18.5 Å². The Morgan fingerprint density at radius 2 is 1.76 bits per heavy atom. The molecule has 7 heteroatoms. The summed E-state index contributed by atoms with van der Waals surface area (Å²) in [6.07, 6.45) is 6.79. The predicted molar refractivity (Wildman–Crippen MR) is 105 cm³/mol. The van der Waals surface area contributed by atoms with Gasteiger partial charge < -0.3 is 20.1 Å². The summed E-state index contributed by atoms with van der Waals surface area (Å²) in [5.74, 6) is 1.40. The van der Waals surface area contributed by atoms with Crippen LogP contribution in [0.5, 0.6) is 11.5 Å². The third-order valence-electron chi connectivity index (χ3n) is 4.71. The molecule has 1 aliphatic rings. The maximum atomic E-state index is 12.8. The second-order valence-corrected chi connectivity index (χ2v) is 7.25. The largest absolute Gasteiger partial charge is 0.493 e. The number of nitrogens with two attached hydrogens (primary N) is 1. The molecule has 0 saturated heterocycles. The van der Waals surface area contributed by atoms with E-state index in [0.717, 1.165) is 36.1 Å². The molecule has 0 aromatic heterocycles. The average Bonchev–Trinajstić information content (AvgIpc) is 2.61. The number of carbonyl (C=O) groups is 1. The molecule has 0 radical (unpaired) electrons. The predicted octanol–water partition coefficient (Wildman–Crippen LogP) is 3.47. The number of methoxy groups -OCH3 is 2. The molecular weight excluding hydrogens is 360 g/mol. The molecule has 0 spiro atoms. The highest BCUT2D eigenvalue weighted by Gasteiger charge is 2.37. The number of nitrogens with zero attached hydrogens (tertiary/aromatic N) is 1. The molecule has 142 valence electrons. The van der Waals surface area contributed by atoms with E-state index in [2.05, 4.69) is 0 Å². The smallest absolute Gasteiger partial charge is 0.242 e. The molecule has 0 atom stereocenters.